The van der Waals surface area contributed by atoms with E-state index >= 15 is 0 Å². The van der Waals surface area contributed by atoms with Crippen LogP contribution in [0.2, 0.25) is 0 Å². The van der Waals surface area contributed by atoms with Crippen molar-refractivity contribution in [3.63, 3.8) is 0 Å². The minimum Gasteiger partial charge on any atom is -0.478 e. The molecule has 0 aliphatic carbocycles. The maximum absolute atomic E-state index is 12.1. The molecule has 0 radical (unpaired) electrons. The highest BCUT2D eigenvalue weighted by Gasteiger charge is 2.17. The van der Waals surface area contributed by atoms with Gasteiger partial charge in [0.1, 0.15) is 5.75 Å². The molecule has 0 aliphatic heterocycles. The summed E-state index contributed by atoms with van der Waals surface area (Å²) >= 11 is 0. The summed E-state index contributed by atoms with van der Waals surface area (Å²) in [5.41, 5.74) is -0.0270. The zero-order valence-corrected chi connectivity index (χ0v) is 12.4. The zero-order chi connectivity index (χ0) is 15.1. The van der Waals surface area contributed by atoms with Crippen molar-refractivity contribution in [2.75, 3.05) is 12.3 Å². The molecule has 1 unspecified atom stereocenters. The molecule has 1 rings (SSSR count). The fraction of sp³-hybridized carbons (Fsp3) is 0.429. The molecule has 0 spiro atoms. The fourth-order valence-corrected chi connectivity index (χ4v) is 2.72. The molecule has 110 valence electrons. The number of carboxylic acids is 1. The van der Waals surface area contributed by atoms with Crippen LogP contribution in [0.4, 0.5) is 0 Å². The van der Waals surface area contributed by atoms with Crippen molar-refractivity contribution in [1.82, 2.24) is 5.32 Å². The van der Waals surface area contributed by atoms with Crippen LogP contribution in [0.15, 0.2) is 29.2 Å². The van der Waals surface area contributed by atoms with E-state index < -0.39 is 16.8 Å². The lowest BCUT2D eigenvalue weighted by molar-refractivity contribution is -0.118. The van der Waals surface area contributed by atoms with Gasteiger partial charge >= 0.3 is 5.97 Å². The number of benzene rings is 1. The summed E-state index contributed by atoms with van der Waals surface area (Å²) < 4.78 is 12.1. The van der Waals surface area contributed by atoms with Crippen molar-refractivity contribution in [2.45, 2.75) is 25.2 Å². The molecule has 1 aromatic rings. The largest absolute Gasteiger partial charge is 0.478 e. The highest BCUT2D eigenvalue weighted by molar-refractivity contribution is 7.85. The van der Waals surface area contributed by atoms with Gasteiger partial charge < -0.3 is 10.4 Å². The van der Waals surface area contributed by atoms with E-state index in [1.807, 2.05) is 13.8 Å². The molecule has 0 bridgehead atoms. The molecule has 0 aliphatic rings. The maximum Gasteiger partial charge on any atom is 0.336 e. The van der Waals surface area contributed by atoms with Crippen molar-refractivity contribution >= 4 is 22.7 Å². The van der Waals surface area contributed by atoms with Crippen molar-refractivity contribution < 1.29 is 18.9 Å². The summed E-state index contributed by atoms with van der Waals surface area (Å²) in [7, 11) is -1.65. The molecule has 1 atom stereocenters. The number of hydrogen-bond acceptors (Lipinski definition) is 3. The molecule has 1 aromatic carbocycles. The molecule has 5 nitrogen and oxygen atoms in total. The Labute approximate surface area is 120 Å². The van der Waals surface area contributed by atoms with Gasteiger partial charge in [0.25, 0.3) is 0 Å². The SMILES string of the molecule is CC(C)CCNC(=O)CS(=O)c1ccccc1C(=O)O. The Morgan fingerprint density at radius 1 is 1.30 bits per heavy atom. The normalized spacial score (nSPS) is 12.2. The van der Waals surface area contributed by atoms with E-state index in [-0.39, 0.29) is 22.1 Å². The topological polar surface area (TPSA) is 83.5 Å². The van der Waals surface area contributed by atoms with Gasteiger partial charge in [-0.2, -0.15) is 0 Å². The van der Waals surface area contributed by atoms with E-state index in [0.29, 0.717) is 12.5 Å². The first-order valence-corrected chi connectivity index (χ1v) is 7.71. The smallest absolute Gasteiger partial charge is 0.336 e. The summed E-state index contributed by atoms with van der Waals surface area (Å²) in [4.78, 5) is 22.8. The number of nitrogens with one attached hydrogen (secondary N) is 1. The van der Waals surface area contributed by atoms with Crippen molar-refractivity contribution in [3.05, 3.63) is 29.8 Å². The predicted octanol–water partition coefficient (Wildman–Crippen LogP) is 1.65. The fourth-order valence-electron chi connectivity index (χ4n) is 1.59. The van der Waals surface area contributed by atoms with E-state index in [2.05, 4.69) is 5.32 Å². The predicted molar refractivity (Wildman–Crippen MR) is 77.1 cm³/mol. The Bertz CT molecular complexity index is 514. The number of carboxylic acid groups (broad SMARTS) is 1. The molecule has 1 amide bonds. The van der Waals surface area contributed by atoms with Crippen LogP contribution in [0.1, 0.15) is 30.6 Å². The second-order valence-corrected chi connectivity index (χ2v) is 6.24. The third-order valence-corrected chi connectivity index (χ3v) is 4.04. The van der Waals surface area contributed by atoms with Gasteiger partial charge in [0.2, 0.25) is 5.91 Å². The average Bonchev–Trinajstić information content (AvgIpc) is 2.38. The first kappa shape index (κ1) is 16.4. The van der Waals surface area contributed by atoms with Crippen LogP contribution in [-0.2, 0) is 15.6 Å². The summed E-state index contributed by atoms with van der Waals surface area (Å²) in [6, 6.07) is 6.02. The molecule has 0 heterocycles. The summed E-state index contributed by atoms with van der Waals surface area (Å²) in [5.74, 6) is -1.21. The second-order valence-electron chi connectivity index (χ2n) is 4.82. The van der Waals surface area contributed by atoms with Gasteiger partial charge in [0, 0.05) is 6.54 Å². The summed E-state index contributed by atoms with van der Waals surface area (Å²) in [6.45, 7) is 4.63. The van der Waals surface area contributed by atoms with E-state index in [4.69, 9.17) is 5.11 Å². The third kappa shape index (κ3) is 5.13. The van der Waals surface area contributed by atoms with Gasteiger partial charge in [-0.1, -0.05) is 26.0 Å². The monoisotopic (exact) mass is 297 g/mol. The molecule has 0 fully saturated rings. The average molecular weight is 297 g/mol. The Balaban J connectivity index is 2.63. The number of aromatic carboxylic acids is 1. The lowest BCUT2D eigenvalue weighted by Crippen LogP contribution is -2.30. The highest BCUT2D eigenvalue weighted by atomic mass is 32.2. The summed E-state index contributed by atoms with van der Waals surface area (Å²) in [5, 5.41) is 11.7. The zero-order valence-electron chi connectivity index (χ0n) is 11.6. The third-order valence-electron chi connectivity index (χ3n) is 2.67. The van der Waals surface area contributed by atoms with Gasteiger partial charge in [-0.3, -0.25) is 9.00 Å². The molecule has 0 saturated heterocycles. The van der Waals surface area contributed by atoms with Crippen LogP contribution >= 0.6 is 0 Å². The number of carbonyl (C=O) groups excluding carboxylic acids is 1. The van der Waals surface area contributed by atoms with Gasteiger partial charge in [0.15, 0.2) is 0 Å². The minimum absolute atomic E-state index is 0.0270. The number of carbonyl (C=O) groups is 2. The van der Waals surface area contributed by atoms with E-state index in [0.717, 1.165) is 6.42 Å². The van der Waals surface area contributed by atoms with Crippen LogP contribution in [-0.4, -0.2) is 33.5 Å². The Morgan fingerprint density at radius 3 is 2.55 bits per heavy atom. The molecule has 2 N–H and O–H groups in total. The van der Waals surface area contributed by atoms with E-state index in [1.54, 1.807) is 12.1 Å². The molecular weight excluding hydrogens is 278 g/mol. The van der Waals surface area contributed by atoms with Crippen molar-refractivity contribution in [2.24, 2.45) is 5.92 Å². The quantitative estimate of drug-likeness (QED) is 0.801. The Kier molecular flexibility index (Phi) is 6.38. The lowest BCUT2D eigenvalue weighted by atomic mass is 10.1. The van der Waals surface area contributed by atoms with Gasteiger partial charge in [-0.05, 0) is 24.5 Å². The maximum atomic E-state index is 12.1. The van der Waals surface area contributed by atoms with Crippen molar-refractivity contribution in [1.29, 1.82) is 0 Å². The van der Waals surface area contributed by atoms with Crippen LogP contribution in [0.3, 0.4) is 0 Å². The van der Waals surface area contributed by atoms with Gasteiger partial charge in [-0.15, -0.1) is 0 Å². The van der Waals surface area contributed by atoms with Gasteiger partial charge in [-0.25, -0.2) is 4.79 Å². The highest BCUT2D eigenvalue weighted by Crippen LogP contribution is 2.13. The molecule has 6 heteroatoms. The first-order valence-electron chi connectivity index (χ1n) is 6.39. The Morgan fingerprint density at radius 2 is 1.95 bits per heavy atom. The van der Waals surface area contributed by atoms with Gasteiger partial charge in [0.05, 0.1) is 21.3 Å². The van der Waals surface area contributed by atoms with Crippen LogP contribution in [0.25, 0.3) is 0 Å². The molecule has 20 heavy (non-hydrogen) atoms. The molecule has 0 saturated carbocycles. The van der Waals surface area contributed by atoms with Crippen LogP contribution < -0.4 is 5.32 Å². The van der Waals surface area contributed by atoms with Crippen LogP contribution in [0, 0.1) is 5.92 Å². The van der Waals surface area contributed by atoms with E-state index in [1.165, 1.54) is 12.1 Å². The number of hydrogen-bond donors (Lipinski definition) is 2. The number of amides is 1. The standard InChI is InChI=1S/C14H19NO4S/c1-10(2)7-8-15-13(16)9-20(19)12-6-4-3-5-11(12)14(17)18/h3-6,10H,7-9H2,1-2H3,(H,15,16)(H,17,18). The minimum atomic E-state index is -1.65. The summed E-state index contributed by atoms with van der Waals surface area (Å²) in [6.07, 6.45) is 0.851. The second kappa shape index (κ2) is 7.79. The molecule has 0 aromatic heterocycles. The van der Waals surface area contributed by atoms with Crippen LogP contribution in [0.5, 0.6) is 0 Å². The van der Waals surface area contributed by atoms with Crippen molar-refractivity contribution in [3.8, 4) is 0 Å². The molecular formula is C14H19NO4S. The van der Waals surface area contributed by atoms with E-state index in [9.17, 15) is 13.8 Å². The lowest BCUT2D eigenvalue weighted by Gasteiger charge is -2.08. The first-order chi connectivity index (χ1) is 9.41. The number of rotatable bonds is 7. The Hall–Kier alpha value is -1.69.